The molecule has 0 radical (unpaired) electrons. The van der Waals surface area contributed by atoms with Gasteiger partial charge in [-0.15, -0.1) is 0 Å². The average molecular weight is 472 g/mol. The minimum Gasteiger partial charge on any atom is -0.392 e. The van der Waals surface area contributed by atoms with Gasteiger partial charge < -0.3 is 19.5 Å². The van der Waals surface area contributed by atoms with Gasteiger partial charge in [-0.1, -0.05) is 5.16 Å². The van der Waals surface area contributed by atoms with Gasteiger partial charge in [0.25, 0.3) is 5.91 Å². The molecule has 0 N–H and O–H groups in total. The molecular weight excluding hydrogens is 437 g/mol. The quantitative estimate of drug-likeness (QED) is 0.665. The molecule has 184 valence electrons. The number of halogens is 1. The van der Waals surface area contributed by atoms with E-state index in [1.807, 2.05) is 16.7 Å². The first-order valence-corrected chi connectivity index (χ1v) is 12.3. The van der Waals surface area contributed by atoms with Crippen LogP contribution in [0, 0.1) is 5.82 Å². The summed E-state index contributed by atoms with van der Waals surface area (Å²) in [6, 6.07) is 5.21. The van der Waals surface area contributed by atoms with Gasteiger partial charge in [0.2, 0.25) is 0 Å². The van der Waals surface area contributed by atoms with Crippen LogP contribution < -0.4 is 4.90 Å². The lowest BCUT2D eigenvalue weighted by Crippen LogP contribution is -2.53. The number of rotatable bonds is 2. The molecule has 0 saturated carbocycles. The summed E-state index contributed by atoms with van der Waals surface area (Å²) in [4.78, 5) is 38.6. The molecule has 4 aliphatic rings. The number of hydrogen-bond acceptors (Lipinski definition) is 5. The zero-order chi connectivity index (χ0) is 24.0. The molecule has 1 aromatic rings. The normalized spacial score (nSPS) is 24.7. The Bertz CT molecular complexity index is 996. The van der Waals surface area contributed by atoms with Gasteiger partial charge in [0.15, 0.2) is 0 Å². The van der Waals surface area contributed by atoms with Crippen molar-refractivity contribution in [3.63, 3.8) is 0 Å². The van der Waals surface area contributed by atoms with Gasteiger partial charge in [0.05, 0.1) is 0 Å². The maximum Gasteiger partial charge on any atom is 0.323 e. The number of amides is 3. The highest BCUT2D eigenvalue weighted by atomic mass is 19.1. The second kappa shape index (κ2) is 8.83. The van der Waals surface area contributed by atoms with Crippen LogP contribution in [0.2, 0.25) is 0 Å². The van der Waals surface area contributed by atoms with Crippen molar-refractivity contribution in [2.24, 2.45) is 5.16 Å². The number of carbonyl (C=O) groups is 2. The molecule has 1 unspecified atom stereocenters. The molecule has 4 aliphatic heterocycles. The molecule has 1 atom stereocenters. The topological polar surface area (TPSA) is 68.7 Å². The summed E-state index contributed by atoms with van der Waals surface area (Å²) in [5.41, 5.74) is 2.15. The molecule has 1 aromatic carbocycles. The van der Waals surface area contributed by atoms with Gasteiger partial charge in [-0.25, -0.2) is 9.18 Å². The Morgan fingerprint density at radius 2 is 1.85 bits per heavy atom. The van der Waals surface area contributed by atoms with E-state index in [0.717, 1.165) is 63.1 Å². The largest absolute Gasteiger partial charge is 0.392 e. The van der Waals surface area contributed by atoms with Crippen LogP contribution >= 0.6 is 0 Å². The van der Waals surface area contributed by atoms with Gasteiger partial charge in [-0.3, -0.25) is 9.69 Å². The third kappa shape index (κ3) is 4.04. The number of oxime groups is 1. The zero-order valence-corrected chi connectivity index (χ0v) is 20.3. The lowest BCUT2D eigenvalue weighted by molar-refractivity contribution is -0.125. The maximum absolute atomic E-state index is 14.2. The van der Waals surface area contributed by atoms with Gasteiger partial charge in [0, 0.05) is 57.3 Å². The summed E-state index contributed by atoms with van der Waals surface area (Å²) < 4.78 is 14.2. The second-order valence-corrected chi connectivity index (χ2v) is 10.4. The Labute approximate surface area is 200 Å². The summed E-state index contributed by atoms with van der Waals surface area (Å²) in [6.07, 6.45) is 4.24. The van der Waals surface area contributed by atoms with E-state index in [2.05, 4.69) is 10.1 Å². The molecule has 3 amide bonds. The van der Waals surface area contributed by atoms with E-state index in [1.54, 1.807) is 31.1 Å². The lowest BCUT2D eigenvalue weighted by atomic mass is 9.74. The standard InChI is InChI=1S/C25H34FN5O3/c1-17-14-21(27-34-17)23(32)30-10-6-19(7-11-30)29-12-8-25(9-13-29)16-31(24(33)28(2)3)22-5-4-18(26)15-20(22)25/h4-5,15,17,19H,6-14,16H2,1-3H3. The summed E-state index contributed by atoms with van der Waals surface area (Å²) in [6.45, 7) is 5.82. The van der Waals surface area contributed by atoms with Crippen molar-refractivity contribution in [1.29, 1.82) is 0 Å². The molecule has 4 heterocycles. The Morgan fingerprint density at radius 3 is 2.47 bits per heavy atom. The minimum atomic E-state index is -0.247. The number of nitrogens with zero attached hydrogens (tertiary/aromatic N) is 5. The van der Waals surface area contributed by atoms with Crippen LogP contribution in [0.25, 0.3) is 0 Å². The number of carbonyl (C=O) groups excluding carboxylic acids is 2. The maximum atomic E-state index is 14.2. The van der Waals surface area contributed by atoms with E-state index in [9.17, 15) is 14.0 Å². The van der Waals surface area contributed by atoms with Crippen molar-refractivity contribution in [2.75, 3.05) is 51.7 Å². The van der Waals surface area contributed by atoms with Crippen molar-refractivity contribution in [1.82, 2.24) is 14.7 Å². The summed E-state index contributed by atoms with van der Waals surface area (Å²) in [5.74, 6) is -0.237. The predicted octanol–water partition coefficient (Wildman–Crippen LogP) is 2.82. The first-order valence-electron chi connectivity index (χ1n) is 12.3. The van der Waals surface area contributed by atoms with Crippen LogP contribution in [0.3, 0.4) is 0 Å². The average Bonchev–Trinajstić information content (AvgIpc) is 3.40. The summed E-state index contributed by atoms with van der Waals surface area (Å²) in [7, 11) is 3.51. The fourth-order valence-electron chi connectivity index (χ4n) is 6.04. The highest BCUT2D eigenvalue weighted by Crippen LogP contribution is 2.48. The Kier molecular flexibility index (Phi) is 6.00. The minimum absolute atomic E-state index is 0.00985. The van der Waals surface area contributed by atoms with Gasteiger partial charge in [0.1, 0.15) is 17.6 Å². The van der Waals surface area contributed by atoms with E-state index in [-0.39, 0.29) is 29.3 Å². The number of urea groups is 1. The lowest BCUT2D eigenvalue weighted by Gasteiger charge is -2.45. The molecule has 0 aromatic heterocycles. The smallest absolute Gasteiger partial charge is 0.323 e. The van der Waals surface area contributed by atoms with Crippen LogP contribution in [0.1, 0.15) is 44.6 Å². The van der Waals surface area contributed by atoms with Crippen molar-refractivity contribution in [2.45, 2.75) is 56.6 Å². The predicted molar refractivity (Wildman–Crippen MR) is 128 cm³/mol. The Hall–Kier alpha value is -2.68. The van der Waals surface area contributed by atoms with Gasteiger partial charge in [-0.05, 0) is 69.5 Å². The van der Waals surface area contributed by atoms with Gasteiger partial charge in [-0.2, -0.15) is 0 Å². The van der Waals surface area contributed by atoms with E-state index in [4.69, 9.17) is 4.84 Å². The first-order chi connectivity index (χ1) is 16.3. The molecule has 34 heavy (non-hydrogen) atoms. The van der Waals surface area contributed by atoms with E-state index < -0.39 is 0 Å². The van der Waals surface area contributed by atoms with Crippen LogP contribution in [0.15, 0.2) is 23.4 Å². The van der Waals surface area contributed by atoms with E-state index in [1.165, 1.54) is 6.07 Å². The number of benzene rings is 1. The summed E-state index contributed by atoms with van der Waals surface area (Å²) >= 11 is 0. The van der Waals surface area contributed by atoms with Gasteiger partial charge >= 0.3 is 6.03 Å². The third-order valence-electron chi connectivity index (χ3n) is 7.99. The zero-order valence-electron chi connectivity index (χ0n) is 20.3. The SMILES string of the molecule is CC1CC(C(=O)N2CCC(N3CCC4(CC3)CN(C(=O)N(C)C)c3ccc(F)cc34)CC2)=NO1. The number of anilines is 1. The molecule has 9 heteroatoms. The monoisotopic (exact) mass is 471 g/mol. The van der Waals surface area contributed by atoms with Crippen LogP contribution in [0.5, 0.6) is 0 Å². The molecule has 2 saturated heterocycles. The third-order valence-corrected chi connectivity index (χ3v) is 7.99. The van der Waals surface area contributed by atoms with Crippen molar-refractivity contribution < 1.29 is 18.8 Å². The first kappa shape index (κ1) is 23.1. The van der Waals surface area contributed by atoms with Crippen LogP contribution in [-0.2, 0) is 15.0 Å². The number of hydrogen-bond donors (Lipinski definition) is 0. The number of likely N-dealkylation sites (tertiary alicyclic amines) is 2. The van der Waals surface area contributed by atoms with Crippen molar-refractivity contribution in [3.05, 3.63) is 29.6 Å². The number of piperidine rings is 2. The number of fused-ring (bicyclic) bond motifs is 2. The molecular formula is C25H34FN5O3. The van der Waals surface area contributed by atoms with Crippen LogP contribution in [0.4, 0.5) is 14.9 Å². The molecule has 1 spiro atoms. The molecule has 0 bridgehead atoms. The van der Waals surface area contributed by atoms with E-state index in [0.29, 0.717) is 24.7 Å². The molecule has 0 aliphatic carbocycles. The van der Waals surface area contributed by atoms with E-state index >= 15 is 0 Å². The Morgan fingerprint density at radius 1 is 1.15 bits per heavy atom. The fourth-order valence-corrected chi connectivity index (χ4v) is 6.04. The summed E-state index contributed by atoms with van der Waals surface area (Å²) in [5, 5.41) is 3.95. The second-order valence-electron chi connectivity index (χ2n) is 10.4. The van der Waals surface area contributed by atoms with Crippen molar-refractivity contribution in [3.8, 4) is 0 Å². The highest BCUT2D eigenvalue weighted by Gasteiger charge is 2.47. The van der Waals surface area contributed by atoms with Crippen molar-refractivity contribution >= 4 is 23.3 Å². The molecule has 2 fully saturated rings. The fraction of sp³-hybridized carbons (Fsp3) is 0.640. The molecule has 5 rings (SSSR count). The molecule has 8 nitrogen and oxygen atoms in total. The van der Waals surface area contributed by atoms with Crippen LogP contribution in [-0.4, -0.2) is 91.3 Å². The Balaban J connectivity index is 1.22. The highest BCUT2D eigenvalue weighted by molar-refractivity contribution is 6.39.